The van der Waals surface area contributed by atoms with Crippen LogP contribution in [-0.4, -0.2) is 26.2 Å². The Balaban J connectivity index is 3.23. The monoisotopic (exact) mass is 247 g/mol. The number of carbonyl (C=O) groups excluding carboxylic acids is 2. The third-order valence-electron chi connectivity index (χ3n) is 2.35. The lowest BCUT2D eigenvalue weighted by molar-refractivity contribution is -0.133. The molecule has 0 aliphatic carbocycles. The summed E-state index contributed by atoms with van der Waals surface area (Å²) in [6, 6.07) is 3.10. The van der Waals surface area contributed by atoms with Crippen LogP contribution in [0.25, 0.3) is 0 Å². The predicted molar refractivity (Wildman–Crippen MR) is 65.8 cm³/mol. The molecule has 0 bridgehead atoms. The van der Waals surface area contributed by atoms with Gasteiger partial charge in [0.2, 0.25) is 0 Å². The summed E-state index contributed by atoms with van der Waals surface area (Å²) in [5.41, 5.74) is 7.56. The molecule has 0 heterocycles. The van der Waals surface area contributed by atoms with Crippen LogP contribution < -0.4 is 5.73 Å². The fraction of sp³-hybridized carbons (Fsp3) is 0.231. The minimum absolute atomic E-state index is 0.326. The summed E-state index contributed by atoms with van der Waals surface area (Å²) in [5.74, 6) is 3.67. The smallest absolute Gasteiger partial charge is 0.384 e. The number of hydrogen-bond donors (Lipinski definition) is 1. The first-order valence-electron chi connectivity index (χ1n) is 5.08. The number of rotatable bonds is 1. The van der Waals surface area contributed by atoms with Crippen molar-refractivity contribution in [1.29, 1.82) is 0 Å². The zero-order valence-corrected chi connectivity index (χ0v) is 10.4. The Morgan fingerprint density at radius 1 is 1.22 bits per heavy atom. The Labute approximate surface area is 105 Å². The van der Waals surface area contributed by atoms with Gasteiger partial charge in [0.1, 0.15) is 0 Å². The van der Waals surface area contributed by atoms with E-state index in [0.29, 0.717) is 22.4 Å². The average molecular weight is 247 g/mol. The van der Waals surface area contributed by atoms with Crippen LogP contribution in [-0.2, 0) is 14.3 Å². The summed E-state index contributed by atoms with van der Waals surface area (Å²) < 4.78 is 9.03. The third kappa shape index (κ3) is 3.01. The number of anilines is 1. The second-order valence-corrected chi connectivity index (χ2v) is 3.47. The lowest BCUT2D eigenvalue weighted by Gasteiger charge is -2.07. The van der Waals surface area contributed by atoms with Gasteiger partial charge in [0.15, 0.2) is 0 Å². The van der Waals surface area contributed by atoms with E-state index in [1.54, 1.807) is 13.0 Å². The summed E-state index contributed by atoms with van der Waals surface area (Å²) in [6.07, 6.45) is 0. The second-order valence-electron chi connectivity index (χ2n) is 3.47. The summed E-state index contributed by atoms with van der Waals surface area (Å²) in [7, 11) is 2.52. The molecule has 18 heavy (non-hydrogen) atoms. The molecule has 2 N–H and O–H groups in total. The van der Waals surface area contributed by atoms with Crippen LogP contribution in [0.5, 0.6) is 0 Å². The molecule has 0 radical (unpaired) electrons. The van der Waals surface area contributed by atoms with Gasteiger partial charge < -0.3 is 15.2 Å². The van der Waals surface area contributed by atoms with Crippen molar-refractivity contribution in [3.05, 3.63) is 28.8 Å². The van der Waals surface area contributed by atoms with E-state index in [2.05, 4.69) is 21.3 Å². The molecule has 0 atom stereocenters. The SMILES string of the molecule is COC(=O)C#Cc1cc(N)c(C)c(C(=O)OC)c1. The molecule has 0 fully saturated rings. The van der Waals surface area contributed by atoms with Crippen molar-refractivity contribution >= 4 is 17.6 Å². The highest BCUT2D eigenvalue weighted by Gasteiger charge is 2.12. The van der Waals surface area contributed by atoms with E-state index in [4.69, 9.17) is 5.73 Å². The van der Waals surface area contributed by atoms with Gasteiger partial charge in [-0.1, -0.05) is 5.92 Å². The van der Waals surface area contributed by atoms with Gasteiger partial charge in [-0.15, -0.1) is 0 Å². The highest BCUT2D eigenvalue weighted by molar-refractivity contribution is 5.93. The van der Waals surface area contributed by atoms with Gasteiger partial charge in [-0.2, -0.15) is 0 Å². The number of nitrogen functional groups attached to an aromatic ring is 1. The number of carbonyl (C=O) groups is 2. The number of ether oxygens (including phenoxy) is 2. The Bertz CT molecular complexity index is 552. The zero-order valence-electron chi connectivity index (χ0n) is 10.4. The molecule has 0 aliphatic heterocycles. The summed E-state index contributed by atoms with van der Waals surface area (Å²) in [6.45, 7) is 1.71. The normalized spacial score (nSPS) is 9.06. The van der Waals surface area contributed by atoms with E-state index >= 15 is 0 Å². The van der Waals surface area contributed by atoms with Crippen LogP contribution in [0, 0.1) is 18.8 Å². The molecule has 5 heteroatoms. The van der Waals surface area contributed by atoms with Crippen molar-refractivity contribution in [3.63, 3.8) is 0 Å². The van der Waals surface area contributed by atoms with E-state index in [1.165, 1.54) is 20.3 Å². The van der Waals surface area contributed by atoms with E-state index in [9.17, 15) is 9.59 Å². The lowest BCUT2D eigenvalue weighted by Crippen LogP contribution is -2.06. The minimum atomic E-state index is -0.659. The molecule has 0 saturated carbocycles. The van der Waals surface area contributed by atoms with Crippen LogP contribution in [0.2, 0.25) is 0 Å². The zero-order chi connectivity index (χ0) is 13.7. The van der Waals surface area contributed by atoms with Crippen molar-refractivity contribution in [1.82, 2.24) is 0 Å². The fourth-order valence-corrected chi connectivity index (χ4v) is 1.31. The van der Waals surface area contributed by atoms with Gasteiger partial charge in [0.05, 0.1) is 19.8 Å². The first kappa shape index (κ1) is 13.6. The molecule has 1 rings (SSSR count). The highest BCUT2D eigenvalue weighted by atomic mass is 16.5. The van der Waals surface area contributed by atoms with E-state index in [-0.39, 0.29) is 0 Å². The lowest BCUT2D eigenvalue weighted by atomic mass is 10.0. The van der Waals surface area contributed by atoms with E-state index in [1.807, 2.05) is 0 Å². The first-order chi connectivity index (χ1) is 8.49. The second kappa shape index (κ2) is 5.73. The van der Waals surface area contributed by atoms with Gasteiger partial charge in [0, 0.05) is 17.2 Å². The molecule has 1 aromatic rings. The van der Waals surface area contributed by atoms with Crippen molar-refractivity contribution in [3.8, 4) is 11.8 Å². The van der Waals surface area contributed by atoms with Crippen LogP contribution in [0.15, 0.2) is 12.1 Å². The molecule has 0 aliphatic rings. The molecular formula is C13H13NO4. The molecule has 0 unspecified atom stereocenters. The maximum atomic E-state index is 11.5. The van der Waals surface area contributed by atoms with Crippen LogP contribution >= 0.6 is 0 Å². The molecule has 0 amide bonds. The van der Waals surface area contributed by atoms with E-state index < -0.39 is 11.9 Å². The number of nitrogens with two attached hydrogens (primary N) is 1. The molecule has 0 aromatic heterocycles. The quantitative estimate of drug-likeness (QED) is 0.453. The summed E-state index contributed by atoms with van der Waals surface area (Å²) in [5, 5.41) is 0. The number of benzene rings is 1. The van der Waals surface area contributed by atoms with Crippen LogP contribution in [0.1, 0.15) is 21.5 Å². The number of hydrogen-bond acceptors (Lipinski definition) is 5. The van der Waals surface area contributed by atoms with Crippen molar-refractivity contribution in [2.24, 2.45) is 0 Å². The van der Waals surface area contributed by atoms with E-state index in [0.717, 1.165) is 0 Å². The number of methoxy groups -OCH3 is 2. The minimum Gasteiger partial charge on any atom is -0.465 e. The predicted octanol–water partition coefficient (Wildman–Crippen LogP) is 0.888. The van der Waals surface area contributed by atoms with Gasteiger partial charge in [-0.05, 0) is 24.6 Å². The standard InChI is InChI=1S/C13H13NO4/c1-8-10(13(16)18-3)6-9(7-11(8)14)4-5-12(15)17-2/h6-7H,14H2,1-3H3. The fourth-order valence-electron chi connectivity index (χ4n) is 1.31. The average Bonchev–Trinajstić information content (AvgIpc) is 2.38. The van der Waals surface area contributed by atoms with Crippen molar-refractivity contribution in [2.75, 3.05) is 20.0 Å². The summed E-state index contributed by atoms with van der Waals surface area (Å²) >= 11 is 0. The molecule has 5 nitrogen and oxygen atoms in total. The Morgan fingerprint density at radius 2 is 1.89 bits per heavy atom. The van der Waals surface area contributed by atoms with Gasteiger partial charge in [-0.25, -0.2) is 9.59 Å². The van der Waals surface area contributed by atoms with Gasteiger partial charge >= 0.3 is 11.9 Å². The highest BCUT2D eigenvalue weighted by Crippen LogP contribution is 2.19. The van der Waals surface area contributed by atoms with Gasteiger partial charge in [-0.3, -0.25) is 0 Å². The molecule has 0 saturated heterocycles. The first-order valence-corrected chi connectivity index (χ1v) is 5.08. The molecular weight excluding hydrogens is 234 g/mol. The summed E-state index contributed by atoms with van der Waals surface area (Å²) in [4.78, 5) is 22.4. The van der Waals surface area contributed by atoms with Crippen molar-refractivity contribution in [2.45, 2.75) is 6.92 Å². The topological polar surface area (TPSA) is 78.6 Å². The Morgan fingerprint density at radius 3 is 2.44 bits per heavy atom. The largest absolute Gasteiger partial charge is 0.465 e. The Kier molecular flexibility index (Phi) is 4.33. The molecule has 1 aromatic carbocycles. The number of esters is 2. The third-order valence-corrected chi connectivity index (χ3v) is 2.35. The van der Waals surface area contributed by atoms with Crippen LogP contribution in [0.4, 0.5) is 5.69 Å². The van der Waals surface area contributed by atoms with Crippen LogP contribution in [0.3, 0.4) is 0 Å². The Hall–Kier alpha value is -2.48. The van der Waals surface area contributed by atoms with Gasteiger partial charge in [0.25, 0.3) is 0 Å². The van der Waals surface area contributed by atoms with Crippen molar-refractivity contribution < 1.29 is 19.1 Å². The molecule has 94 valence electrons. The maximum Gasteiger partial charge on any atom is 0.384 e. The molecule has 0 spiro atoms. The maximum absolute atomic E-state index is 11.5.